The zero-order chi connectivity index (χ0) is 34.4. The number of guanidine groups is 1. The highest BCUT2D eigenvalue weighted by Crippen LogP contribution is 2.44. The standard InChI is InChI=1S/C35H44N6O7/c1-4-7-8-12-17-38-35(46)39-34(36)37-18-19-40-30(42)26-22(5-2)47-24(28(26)31(40)43)15-16-25-29-27(23(6-3)48-25)32(44)41(33(29)45)20-21-13-10-9-11-14-21/h5-6,9-11,13-16,22-29H,2-4,7-8,12,17-20H2,1H3,(H4,36,37,38,39,46)/p+1/b16-15-. The molecule has 4 aliphatic rings. The minimum Gasteiger partial charge on any atom is -0.365 e. The van der Waals surface area contributed by atoms with Gasteiger partial charge in [-0.2, -0.15) is 5.32 Å². The van der Waals surface area contributed by atoms with Crippen LogP contribution in [0.3, 0.4) is 0 Å². The molecule has 0 aromatic heterocycles. The Balaban J connectivity index is 1.21. The second-order valence-corrected chi connectivity index (χ2v) is 12.4. The summed E-state index contributed by atoms with van der Waals surface area (Å²) >= 11 is 0. The number of carbonyl (C=O) groups is 5. The summed E-state index contributed by atoms with van der Waals surface area (Å²) in [5.41, 5.74) is 6.73. The molecule has 8 unspecified atom stereocenters. The van der Waals surface area contributed by atoms with Gasteiger partial charge in [0.05, 0.1) is 67.7 Å². The average Bonchev–Trinajstić information content (AvgIpc) is 3.78. The predicted molar refractivity (Wildman–Crippen MR) is 175 cm³/mol. The van der Waals surface area contributed by atoms with Gasteiger partial charge in [0.25, 0.3) is 0 Å². The molecule has 13 heteroatoms. The van der Waals surface area contributed by atoms with E-state index >= 15 is 0 Å². The fourth-order valence-electron chi connectivity index (χ4n) is 6.99. The molecule has 6 amide bonds. The quantitative estimate of drug-likeness (QED) is 0.0716. The molecule has 0 aliphatic carbocycles. The Bertz CT molecular complexity index is 1480. The van der Waals surface area contributed by atoms with E-state index < -0.39 is 60.0 Å². The molecular weight excluding hydrogens is 616 g/mol. The number of benzene rings is 1. The Morgan fingerprint density at radius 1 is 0.833 bits per heavy atom. The van der Waals surface area contributed by atoms with Gasteiger partial charge in [-0.25, -0.2) is 4.79 Å². The number of urea groups is 1. The first-order chi connectivity index (χ1) is 23.2. The van der Waals surface area contributed by atoms with Crippen molar-refractivity contribution in [2.45, 2.75) is 63.6 Å². The topological polar surface area (TPSA) is 174 Å². The van der Waals surface area contributed by atoms with Gasteiger partial charge in [-0.1, -0.05) is 80.8 Å². The summed E-state index contributed by atoms with van der Waals surface area (Å²) in [4.78, 5) is 71.2. The maximum Gasteiger partial charge on any atom is 0.379 e. The van der Waals surface area contributed by atoms with Gasteiger partial charge in [0.2, 0.25) is 23.6 Å². The fourth-order valence-corrected chi connectivity index (χ4v) is 6.99. The Hall–Kier alpha value is -4.62. The fraction of sp³-hybridized carbons (Fsp3) is 0.486. The zero-order valence-electron chi connectivity index (χ0n) is 27.2. The summed E-state index contributed by atoms with van der Waals surface area (Å²) in [5, 5.41) is 5.24. The Morgan fingerprint density at radius 2 is 1.38 bits per heavy atom. The van der Waals surface area contributed by atoms with Crippen LogP contribution in [-0.4, -0.2) is 89.5 Å². The van der Waals surface area contributed by atoms with Crippen LogP contribution in [0.15, 0.2) is 67.8 Å². The van der Waals surface area contributed by atoms with Gasteiger partial charge < -0.3 is 14.8 Å². The van der Waals surface area contributed by atoms with E-state index in [-0.39, 0.29) is 43.3 Å². The Kier molecular flexibility index (Phi) is 11.2. The molecule has 13 nitrogen and oxygen atoms in total. The summed E-state index contributed by atoms with van der Waals surface area (Å²) in [6.07, 6.45) is 7.55. The summed E-state index contributed by atoms with van der Waals surface area (Å²) in [6.45, 7) is 10.6. The van der Waals surface area contributed by atoms with E-state index in [0.717, 1.165) is 31.2 Å². The monoisotopic (exact) mass is 661 g/mol. The molecule has 256 valence electrons. The largest absolute Gasteiger partial charge is 0.379 e. The van der Waals surface area contributed by atoms with Crippen molar-refractivity contribution in [3.05, 3.63) is 73.4 Å². The number of nitrogens with one attached hydrogen (secondary N) is 3. The van der Waals surface area contributed by atoms with Gasteiger partial charge in [-0.15, -0.1) is 13.2 Å². The lowest BCUT2D eigenvalue weighted by Gasteiger charge is -2.20. The lowest BCUT2D eigenvalue weighted by Crippen LogP contribution is -2.81. The van der Waals surface area contributed by atoms with Crippen LogP contribution in [0, 0.1) is 23.7 Å². The van der Waals surface area contributed by atoms with Crippen molar-refractivity contribution in [3.8, 4) is 0 Å². The van der Waals surface area contributed by atoms with E-state index in [1.165, 1.54) is 22.0 Å². The lowest BCUT2D eigenvalue weighted by atomic mass is 9.87. The number of carbonyl (C=O) groups excluding carboxylic acids is 5. The SMILES string of the molecule is C=CC1OC(/C=C\C2OC(C=C)C3C(=O)N(Cc4ccccc4)C(=O)C23)C2C(=O)N(CC[NH+]=C(N)NC(=O)NCCCCCC)C(=O)C12. The molecular formula is C35H45N6O7+. The number of unbranched alkanes of at least 4 members (excludes halogenated alkanes) is 3. The predicted octanol–water partition coefficient (Wildman–Crippen LogP) is 0.127. The smallest absolute Gasteiger partial charge is 0.365 e. The summed E-state index contributed by atoms with van der Waals surface area (Å²) < 4.78 is 12.2. The van der Waals surface area contributed by atoms with Crippen LogP contribution < -0.4 is 21.4 Å². The van der Waals surface area contributed by atoms with Crippen LogP contribution in [0.2, 0.25) is 0 Å². The first-order valence-corrected chi connectivity index (χ1v) is 16.6. The van der Waals surface area contributed by atoms with Crippen molar-refractivity contribution in [2.75, 3.05) is 19.6 Å². The average molecular weight is 662 g/mol. The zero-order valence-corrected chi connectivity index (χ0v) is 27.2. The van der Waals surface area contributed by atoms with Crippen molar-refractivity contribution in [1.29, 1.82) is 0 Å². The van der Waals surface area contributed by atoms with Gasteiger partial charge in [0, 0.05) is 6.54 Å². The number of rotatable bonds is 14. The second kappa shape index (κ2) is 15.5. The lowest BCUT2D eigenvalue weighted by molar-refractivity contribution is -0.459. The number of nitrogens with zero attached hydrogens (tertiary/aromatic N) is 2. The van der Waals surface area contributed by atoms with Crippen LogP contribution in [0.5, 0.6) is 0 Å². The number of hydrogen-bond donors (Lipinski definition) is 4. The molecule has 1 aromatic carbocycles. The number of fused-ring (bicyclic) bond motifs is 2. The Labute approximate surface area is 280 Å². The number of amides is 6. The molecule has 5 rings (SSSR count). The van der Waals surface area contributed by atoms with E-state index in [9.17, 15) is 24.0 Å². The normalized spacial score (nSPS) is 29.9. The first kappa shape index (κ1) is 34.7. The summed E-state index contributed by atoms with van der Waals surface area (Å²) in [6, 6.07) is 8.84. The van der Waals surface area contributed by atoms with Crippen molar-refractivity contribution in [2.24, 2.45) is 29.4 Å². The number of nitrogens with two attached hydrogens (primary N) is 1. The van der Waals surface area contributed by atoms with Crippen molar-refractivity contribution in [3.63, 3.8) is 0 Å². The molecule has 4 saturated heterocycles. The van der Waals surface area contributed by atoms with Crippen molar-refractivity contribution in [1.82, 2.24) is 20.4 Å². The van der Waals surface area contributed by atoms with Gasteiger partial charge in [0.1, 0.15) is 0 Å². The van der Waals surface area contributed by atoms with Crippen LogP contribution in [-0.2, 0) is 35.2 Å². The van der Waals surface area contributed by atoms with Crippen LogP contribution in [0.1, 0.15) is 38.2 Å². The van der Waals surface area contributed by atoms with E-state index in [0.29, 0.717) is 6.54 Å². The van der Waals surface area contributed by atoms with E-state index in [2.05, 4.69) is 35.7 Å². The maximum atomic E-state index is 13.6. The molecule has 4 fully saturated rings. The number of likely N-dealkylation sites (tertiary alicyclic amines) is 2. The van der Waals surface area contributed by atoms with E-state index in [1.54, 1.807) is 12.2 Å². The third kappa shape index (κ3) is 7.12. The van der Waals surface area contributed by atoms with Gasteiger partial charge in [0.15, 0.2) is 0 Å². The minimum absolute atomic E-state index is 0.00318. The van der Waals surface area contributed by atoms with Crippen molar-refractivity contribution < 1.29 is 38.4 Å². The molecule has 0 radical (unpaired) electrons. The minimum atomic E-state index is -0.808. The number of imide groups is 2. The molecule has 1 aromatic rings. The van der Waals surface area contributed by atoms with E-state index in [1.807, 2.05) is 30.3 Å². The highest BCUT2D eigenvalue weighted by atomic mass is 16.5. The summed E-state index contributed by atoms with van der Waals surface area (Å²) in [5.74, 6) is -4.47. The first-order valence-electron chi connectivity index (χ1n) is 16.6. The molecule has 0 saturated carbocycles. The Morgan fingerprint density at radius 3 is 1.92 bits per heavy atom. The molecule has 4 aliphatic heterocycles. The van der Waals surface area contributed by atoms with Gasteiger partial charge in [-0.3, -0.25) is 39.7 Å². The third-order valence-electron chi connectivity index (χ3n) is 9.38. The number of ether oxygens (including phenoxy) is 2. The van der Waals surface area contributed by atoms with E-state index in [4.69, 9.17) is 15.2 Å². The maximum absolute atomic E-state index is 13.6. The second-order valence-electron chi connectivity index (χ2n) is 12.4. The molecule has 5 N–H and O–H groups in total. The molecule has 48 heavy (non-hydrogen) atoms. The van der Waals surface area contributed by atoms with Crippen LogP contribution >= 0.6 is 0 Å². The van der Waals surface area contributed by atoms with Crippen LogP contribution in [0.4, 0.5) is 4.79 Å². The van der Waals surface area contributed by atoms with Crippen molar-refractivity contribution >= 4 is 35.6 Å². The van der Waals surface area contributed by atoms with Crippen LogP contribution in [0.25, 0.3) is 0 Å². The van der Waals surface area contributed by atoms with Gasteiger partial charge >= 0.3 is 12.0 Å². The molecule has 8 atom stereocenters. The molecule has 0 bridgehead atoms. The van der Waals surface area contributed by atoms with Gasteiger partial charge in [-0.05, 0) is 12.0 Å². The highest BCUT2D eigenvalue weighted by molar-refractivity contribution is 6.07. The number of hydrogen-bond acceptors (Lipinski definition) is 7. The molecule has 0 spiro atoms. The summed E-state index contributed by atoms with van der Waals surface area (Å²) in [7, 11) is 0. The highest BCUT2D eigenvalue weighted by Gasteiger charge is 2.60. The third-order valence-corrected chi connectivity index (χ3v) is 9.38. The molecule has 4 heterocycles.